The molecule has 0 aromatic carbocycles. The van der Waals surface area contributed by atoms with Crippen LogP contribution in [0.3, 0.4) is 0 Å². The lowest BCUT2D eigenvalue weighted by Gasteiger charge is -2.27. The summed E-state index contributed by atoms with van der Waals surface area (Å²) in [5.41, 5.74) is 0. The lowest BCUT2D eigenvalue weighted by Crippen LogP contribution is -2.33. The van der Waals surface area contributed by atoms with Gasteiger partial charge in [-0.15, -0.1) is 0 Å². The van der Waals surface area contributed by atoms with E-state index in [2.05, 4.69) is 22.4 Å². The quantitative estimate of drug-likeness (QED) is 0.871. The van der Waals surface area contributed by atoms with Gasteiger partial charge in [0.2, 0.25) is 5.89 Å². The van der Waals surface area contributed by atoms with Crippen molar-refractivity contribution in [1.29, 1.82) is 0 Å². The Hall–Kier alpha value is -0.900. The summed E-state index contributed by atoms with van der Waals surface area (Å²) in [5, 5.41) is 7.73. The zero-order chi connectivity index (χ0) is 12.4. The molecule has 1 N–H and O–H groups in total. The minimum atomic E-state index is 0.504. The number of aromatic nitrogens is 2. The van der Waals surface area contributed by atoms with Crippen LogP contribution in [0.2, 0.25) is 0 Å². The molecule has 2 fully saturated rings. The van der Waals surface area contributed by atoms with E-state index < -0.39 is 0 Å². The Morgan fingerprint density at radius 2 is 1.83 bits per heavy atom. The SMILES string of the molecule is CCCNC1CCC(c2nc(C3CC3)no2)CC1. The normalized spacial score (nSPS) is 28.5. The highest BCUT2D eigenvalue weighted by Gasteiger charge is 2.31. The number of hydrogen-bond donors (Lipinski definition) is 1. The summed E-state index contributed by atoms with van der Waals surface area (Å²) in [6.45, 7) is 3.36. The van der Waals surface area contributed by atoms with Crippen molar-refractivity contribution in [2.24, 2.45) is 0 Å². The van der Waals surface area contributed by atoms with Gasteiger partial charge in [0.1, 0.15) is 0 Å². The molecule has 2 aliphatic carbocycles. The molecule has 0 unspecified atom stereocenters. The number of nitrogens with zero attached hydrogens (tertiary/aromatic N) is 2. The van der Waals surface area contributed by atoms with Gasteiger partial charge in [0.05, 0.1) is 0 Å². The van der Waals surface area contributed by atoms with Crippen LogP contribution >= 0.6 is 0 Å². The smallest absolute Gasteiger partial charge is 0.229 e. The highest BCUT2D eigenvalue weighted by molar-refractivity contribution is 5.06. The first-order valence-electron chi connectivity index (χ1n) is 7.43. The summed E-state index contributed by atoms with van der Waals surface area (Å²) >= 11 is 0. The van der Waals surface area contributed by atoms with Crippen molar-refractivity contribution >= 4 is 0 Å². The van der Waals surface area contributed by atoms with E-state index in [0.717, 1.165) is 18.3 Å². The Morgan fingerprint density at radius 3 is 2.50 bits per heavy atom. The Kier molecular flexibility index (Phi) is 3.64. The van der Waals surface area contributed by atoms with Gasteiger partial charge in [0.15, 0.2) is 5.82 Å². The van der Waals surface area contributed by atoms with Crippen LogP contribution in [0.25, 0.3) is 0 Å². The summed E-state index contributed by atoms with van der Waals surface area (Å²) in [5.74, 6) is 2.96. The maximum atomic E-state index is 5.44. The predicted molar refractivity (Wildman–Crippen MR) is 69.6 cm³/mol. The van der Waals surface area contributed by atoms with E-state index in [1.54, 1.807) is 0 Å². The third-order valence-electron chi connectivity index (χ3n) is 4.16. The molecule has 4 nitrogen and oxygen atoms in total. The minimum Gasteiger partial charge on any atom is -0.339 e. The molecular formula is C14H23N3O. The fourth-order valence-corrected chi connectivity index (χ4v) is 2.81. The molecule has 0 spiro atoms. The number of nitrogens with one attached hydrogen (secondary N) is 1. The zero-order valence-corrected chi connectivity index (χ0v) is 11.2. The molecule has 1 aromatic heterocycles. The largest absolute Gasteiger partial charge is 0.339 e. The molecule has 0 amide bonds. The summed E-state index contributed by atoms with van der Waals surface area (Å²) < 4.78 is 5.44. The zero-order valence-electron chi connectivity index (χ0n) is 11.2. The van der Waals surface area contributed by atoms with Crippen molar-refractivity contribution in [1.82, 2.24) is 15.5 Å². The average molecular weight is 249 g/mol. The Bertz CT molecular complexity index is 378. The molecule has 2 saturated carbocycles. The highest BCUT2D eigenvalue weighted by Crippen LogP contribution is 2.39. The van der Waals surface area contributed by atoms with Crippen LogP contribution in [0.15, 0.2) is 4.52 Å². The van der Waals surface area contributed by atoms with E-state index >= 15 is 0 Å². The molecule has 2 aliphatic rings. The standard InChI is InChI=1S/C14H23N3O/c1-2-9-15-12-7-5-11(6-8-12)14-16-13(17-18-14)10-3-4-10/h10-12,15H,2-9H2,1H3. The molecule has 4 heteroatoms. The van der Waals surface area contributed by atoms with E-state index in [9.17, 15) is 0 Å². The van der Waals surface area contributed by atoms with Crippen LogP contribution in [-0.4, -0.2) is 22.7 Å². The van der Waals surface area contributed by atoms with Gasteiger partial charge in [-0.1, -0.05) is 12.1 Å². The molecule has 0 atom stereocenters. The number of rotatable bonds is 5. The lowest BCUT2D eigenvalue weighted by atomic mass is 9.86. The van der Waals surface area contributed by atoms with E-state index in [4.69, 9.17) is 4.52 Å². The van der Waals surface area contributed by atoms with Crippen molar-refractivity contribution in [3.8, 4) is 0 Å². The minimum absolute atomic E-state index is 0.504. The molecule has 1 aromatic rings. The second-order valence-corrected chi connectivity index (χ2v) is 5.77. The van der Waals surface area contributed by atoms with Gasteiger partial charge in [-0.25, -0.2) is 0 Å². The third kappa shape index (κ3) is 2.74. The van der Waals surface area contributed by atoms with Crippen LogP contribution < -0.4 is 5.32 Å². The summed E-state index contributed by atoms with van der Waals surface area (Å²) in [6, 6.07) is 0.701. The molecule has 18 heavy (non-hydrogen) atoms. The van der Waals surface area contributed by atoms with Crippen LogP contribution in [0.1, 0.15) is 75.4 Å². The second-order valence-electron chi connectivity index (χ2n) is 5.77. The summed E-state index contributed by atoms with van der Waals surface area (Å²) in [6.07, 6.45) is 8.56. The molecular weight excluding hydrogens is 226 g/mol. The van der Waals surface area contributed by atoms with Gasteiger partial charge in [-0.05, 0) is 51.5 Å². The van der Waals surface area contributed by atoms with E-state index in [1.807, 2.05) is 0 Å². The van der Waals surface area contributed by atoms with Gasteiger partial charge >= 0.3 is 0 Å². The Morgan fingerprint density at radius 1 is 1.11 bits per heavy atom. The van der Waals surface area contributed by atoms with Gasteiger partial charge < -0.3 is 9.84 Å². The molecule has 100 valence electrons. The van der Waals surface area contributed by atoms with Crippen LogP contribution in [0, 0.1) is 0 Å². The first-order valence-corrected chi connectivity index (χ1v) is 7.43. The van der Waals surface area contributed by atoms with Crippen LogP contribution in [0.5, 0.6) is 0 Å². The van der Waals surface area contributed by atoms with Crippen molar-refractivity contribution < 1.29 is 4.52 Å². The monoisotopic (exact) mass is 249 g/mol. The number of hydrogen-bond acceptors (Lipinski definition) is 4. The van der Waals surface area contributed by atoms with E-state index in [1.165, 1.54) is 44.9 Å². The first-order chi connectivity index (χ1) is 8.86. The fraction of sp³-hybridized carbons (Fsp3) is 0.857. The Balaban J connectivity index is 1.51. The van der Waals surface area contributed by atoms with Gasteiger partial charge in [0, 0.05) is 17.9 Å². The third-order valence-corrected chi connectivity index (χ3v) is 4.16. The highest BCUT2D eigenvalue weighted by atomic mass is 16.5. The van der Waals surface area contributed by atoms with Gasteiger partial charge in [-0.2, -0.15) is 4.98 Å². The molecule has 3 rings (SSSR count). The average Bonchev–Trinajstić information content (AvgIpc) is 3.15. The topological polar surface area (TPSA) is 51.0 Å². The molecule has 0 radical (unpaired) electrons. The molecule has 1 heterocycles. The maximum absolute atomic E-state index is 5.44. The molecule has 0 bridgehead atoms. The molecule has 0 aliphatic heterocycles. The molecule has 0 saturated heterocycles. The van der Waals surface area contributed by atoms with Crippen molar-refractivity contribution in [3.63, 3.8) is 0 Å². The van der Waals surface area contributed by atoms with Gasteiger partial charge in [0.25, 0.3) is 0 Å². The van der Waals surface area contributed by atoms with Crippen molar-refractivity contribution in [2.45, 2.75) is 69.7 Å². The van der Waals surface area contributed by atoms with Crippen LogP contribution in [0.4, 0.5) is 0 Å². The summed E-state index contributed by atoms with van der Waals surface area (Å²) in [7, 11) is 0. The van der Waals surface area contributed by atoms with Crippen molar-refractivity contribution in [3.05, 3.63) is 11.7 Å². The lowest BCUT2D eigenvalue weighted by molar-refractivity contribution is 0.282. The summed E-state index contributed by atoms with van der Waals surface area (Å²) in [4.78, 5) is 4.58. The second kappa shape index (κ2) is 5.39. The first kappa shape index (κ1) is 12.2. The van der Waals surface area contributed by atoms with Gasteiger partial charge in [-0.3, -0.25) is 0 Å². The van der Waals surface area contributed by atoms with Crippen LogP contribution in [-0.2, 0) is 0 Å². The maximum Gasteiger partial charge on any atom is 0.229 e. The van der Waals surface area contributed by atoms with E-state index in [-0.39, 0.29) is 0 Å². The Labute approximate surface area is 109 Å². The van der Waals surface area contributed by atoms with E-state index in [0.29, 0.717) is 17.9 Å². The van der Waals surface area contributed by atoms with Crippen molar-refractivity contribution in [2.75, 3.05) is 6.54 Å². The predicted octanol–water partition coefficient (Wildman–Crippen LogP) is 2.97. The fourth-order valence-electron chi connectivity index (χ4n) is 2.81.